The highest BCUT2D eigenvalue weighted by molar-refractivity contribution is 7.92. The van der Waals surface area contributed by atoms with Gasteiger partial charge in [-0.05, 0) is 40.0 Å². The molecule has 0 aromatic carbocycles. The average molecular weight is 380 g/mol. The highest BCUT2D eigenvalue weighted by Crippen LogP contribution is 2.23. The van der Waals surface area contributed by atoms with Crippen molar-refractivity contribution in [1.29, 1.82) is 0 Å². The van der Waals surface area contributed by atoms with Crippen LogP contribution < -0.4 is 10.6 Å². The molecule has 1 saturated carbocycles. The van der Waals surface area contributed by atoms with E-state index in [-0.39, 0.29) is 17.0 Å². The number of aliphatic imine (C=N–C) groups is 1. The first kappa shape index (κ1) is 21.4. The normalized spacial score (nSPS) is 24.5. The van der Waals surface area contributed by atoms with Gasteiger partial charge in [0.2, 0.25) is 0 Å². The van der Waals surface area contributed by atoms with Crippen molar-refractivity contribution in [3.63, 3.8) is 0 Å². The molecule has 3 unspecified atom stereocenters. The van der Waals surface area contributed by atoms with Crippen LogP contribution >= 0.6 is 0 Å². The number of nitrogens with zero attached hydrogens (tertiary/aromatic N) is 1. The third-order valence-electron chi connectivity index (χ3n) is 4.44. The zero-order chi connectivity index (χ0) is 18.4. The molecule has 0 spiro atoms. The van der Waals surface area contributed by atoms with Gasteiger partial charge in [-0.15, -0.1) is 0 Å². The standard InChI is InChI=1S/C16H33N3O3S2/c1-6-23(20)14-9-7-8-13(12-14)19-15(17-5)18-10-11-24(21,22)16(2,3)4/h13-14H,6-12H2,1-5H3,(H2,17,18,19). The van der Waals surface area contributed by atoms with E-state index >= 15 is 0 Å². The van der Waals surface area contributed by atoms with E-state index in [4.69, 9.17) is 0 Å². The van der Waals surface area contributed by atoms with E-state index in [1.807, 2.05) is 6.92 Å². The Morgan fingerprint density at radius 2 is 1.96 bits per heavy atom. The molecule has 0 heterocycles. The second-order valence-electron chi connectivity index (χ2n) is 7.23. The summed E-state index contributed by atoms with van der Waals surface area (Å²) in [7, 11) is -2.22. The fourth-order valence-corrected chi connectivity index (χ4v) is 5.08. The van der Waals surface area contributed by atoms with Crippen LogP contribution in [-0.4, -0.2) is 59.7 Å². The minimum atomic E-state index is -3.14. The Hall–Kier alpha value is -0.630. The molecule has 0 aliphatic heterocycles. The molecule has 0 bridgehead atoms. The molecular formula is C16H33N3O3S2. The van der Waals surface area contributed by atoms with Crippen LogP contribution in [0.25, 0.3) is 0 Å². The maximum atomic E-state index is 12.1. The Bertz CT molecular complexity index is 553. The molecule has 142 valence electrons. The Morgan fingerprint density at radius 1 is 1.29 bits per heavy atom. The Kier molecular flexibility index (Phi) is 8.19. The highest BCUT2D eigenvalue weighted by Gasteiger charge is 2.29. The third-order valence-corrected chi connectivity index (χ3v) is 8.79. The number of sulfone groups is 1. The topological polar surface area (TPSA) is 87.6 Å². The van der Waals surface area contributed by atoms with Crippen LogP contribution in [0.2, 0.25) is 0 Å². The van der Waals surface area contributed by atoms with Crippen molar-refractivity contribution in [2.75, 3.05) is 25.1 Å². The van der Waals surface area contributed by atoms with Gasteiger partial charge in [-0.2, -0.15) is 0 Å². The average Bonchev–Trinajstić information content (AvgIpc) is 2.52. The third kappa shape index (κ3) is 6.35. The molecule has 1 rings (SSSR count). The second kappa shape index (κ2) is 9.17. The molecule has 24 heavy (non-hydrogen) atoms. The fraction of sp³-hybridized carbons (Fsp3) is 0.938. The molecular weight excluding hydrogens is 346 g/mol. The van der Waals surface area contributed by atoms with Crippen molar-refractivity contribution in [3.8, 4) is 0 Å². The van der Waals surface area contributed by atoms with Crippen LogP contribution in [0, 0.1) is 0 Å². The minimum absolute atomic E-state index is 0.0738. The number of rotatable bonds is 6. The van der Waals surface area contributed by atoms with Gasteiger partial charge in [0, 0.05) is 41.4 Å². The van der Waals surface area contributed by atoms with E-state index in [0.717, 1.165) is 25.7 Å². The second-order valence-corrected chi connectivity index (χ2v) is 12.1. The smallest absolute Gasteiger partial charge is 0.191 e. The molecule has 2 N–H and O–H groups in total. The lowest BCUT2D eigenvalue weighted by Gasteiger charge is -2.30. The largest absolute Gasteiger partial charge is 0.355 e. The van der Waals surface area contributed by atoms with E-state index in [1.54, 1.807) is 27.8 Å². The van der Waals surface area contributed by atoms with Gasteiger partial charge in [0.25, 0.3) is 0 Å². The summed E-state index contributed by atoms with van der Waals surface area (Å²) in [6.45, 7) is 7.43. The lowest BCUT2D eigenvalue weighted by atomic mass is 9.95. The van der Waals surface area contributed by atoms with Crippen LogP contribution in [0.5, 0.6) is 0 Å². The first-order valence-electron chi connectivity index (χ1n) is 8.67. The maximum absolute atomic E-state index is 12.1. The Labute approximate surface area is 149 Å². The van der Waals surface area contributed by atoms with Gasteiger partial charge in [0.05, 0.1) is 10.5 Å². The predicted molar refractivity (Wildman–Crippen MR) is 103 cm³/mol. The quantitative estimate of drug-likeness (QED) is 0.539. The summed E-state index contributed by atoms with van der Waals surface area (Å²) in [5.74, 6) is 1.39. The predicted octanol–water partition coefficient (Wildman–Crippen LogP) is 1.44. The molecule has 6 nitrogen and oxygen atoms in total. The molecule has 1 aliphatic rings. The molecule has 0 radical (unpaired) electrons. The highest BCUT2D eigenvalue weighted by atomic mass is 32.2. The monoisotopic (exact) mass is 379 g/mol. The van der Waals surface area contributed by atoms with Gasteiger partial charge >= 0.3 is 0 Å². The van der Waals surface area contributed by atoms with Crippen molar-refractivity contribution in [2.24, 2.45) is 4.99 Å². The molecule has 1 fully saturated rings. The lowest BCUT2D eigenvalue weighted by Crippen LogP contribution is -2.48. The zero-order valence-electron chi connectivity index (χ0n) is 15.6. The molecule has 8 heteroatoms. The lowest BCUT2D eigenvalue weighted by molar-refractivity contribution is 0.414. The maximum Gasteiger partial charge on any atom is 0.191 e. The number of hydrogen-bond donors (Lipinski definition) is 2. The summed E-state index contributed by atoms with van der Waals surface area (Å²) in [6, 6.07) is 0.240. The molecule has 1 aliphatic carbocycles. The summed E-state index contributed by atoms with van der Waals surface area (Å²) in [5, 5.41) is 6.69. The van der Waals surface area contributed by atoms with Crippen molar-refractivity contribution >= 4 is 26.6 Å². The van der Waals surface area contributed by atoms with Crippen LogP contribution in [0.4, 0.5) is 0 Å². The van der Waals surface area contributed by atoms with E-state index in [0.29, 0.717) is 18.3 Å². The number of nitrogens with one attached hydrogen (secondary N) is 2. The van der Waals surface area contributed by atoms with Gasteiger partial charge in [-0.3, -0.25) is 9.20 Å². The summed E-state index contributed by atoms with van der Waals surface area (Å²) in [4.78, 5) is 4.18. The molecule has 0 amide bonds. The van der Waals surface area contributed by atoms with Gasteiger partial charge in [-0.1, -0.05) is 13.3 Å². The van der Waals surface area contributed by atoms with Crippen LogP contribution in [0.1, 0.15) is 53.4 Å². The van der Waals surface area contributed by atoms with Crippen LogP contribution in [-0.2, 0) is 20.6 Å². The van der Waals surface area contributed by atoms with E-state index < -0.39 is 25.4 Å². The van der Waals surface area contributed by atoms with Crippen molar-refractivity contribution in [3.05, 3.63) is 0 Å². The first-order valence-corrected chi connectivity index (χ1v) is 11.7. The fourth-order valence-electron chi connectivity index (χ4n) is 2.75. The zero-order valence-corrected chi connectivity index (χ0v) is 17.2. The van der Waals surface area contributed by atoms with Crippen molar-refractivity contribution in [2.45, 2.75) is 69.4 Å². The molecule has 3 atom stereocenters. The number of guanidine groups is 1. The van der Waals surface area contributed by atoms with Crippen LogP contribution in [0.15, 0.2) is 4.99 Å². The molecule has 0 aromatic heterocycles. The molecule has 0 saturated heterocycles. The minimum Gasteiger partial charge on any atom is -0.355 e. The van der Waals surface area contributed by atoms with Gasteiger partial charge < -0.3 is 10.6 Å². The Balaban J connectivity index is 2.50. The summed E-state index contributed by atoms with van der Waals surface area (Å²) in [5.41, 5.74) is 0. The summed E-state index contributed by atoms with van der Waals surface area (Å²) in [6.07, 6.45) is 3.98. The van der Waals surface area contributed by atoms with Crippen molar-refractivity contribution in [1.82, 2.24) is 10.6 Å². The SMILES string of the molecule is CCS(=O)C1CCCC(NC(=NC)NCCS(=O)(=O)C(C)(C)C)C1. The summed E-state index contributed by atoms with van der Waals surface area (Å²) >= 11 is 0. The van der Waals surface area contributed by atoms with E-state index in [2.05, 4.69) is 15.6 Å². The van der Waals surface area contributed by atoms with Gasteiger partial charge in [-0.25, -0.2) is 8.42 Å². The van der Waals surface area contributed by atoms with Crippen LogP contribution in [0.3, 0.4) is 0 Å². The van der Waals surface area contributed by atoms with Gasteiger partial charge in [0.1, 0.15) is 0 Å². The van der Waals surface area contributed by atoms with E-state index in [1.165, 1.54) is 0 Å². The van der Waals surface area contributed by atoms with Gasteiger partial charge in [0.15, 0.2) is 15.8 Å². The Morgan fingerprint density at radius 3 is 2.50 bits per heavy atom. The van der Waals surface area contributed by atoms with E-state index in [9.17, 15) is 12.6 Å². The number of hydrogen-bond acceptors (Lipinski definition) is 4. The van der Waals surface area contributed by atoms with Crippen molar-refractivity contribution < 1.29 is 12.6 Å². The summed E-state index contributed by atoms with van der Waals surface area (Å²) < 4.78 is 35.5. The first-order chi connectivity index (χ1) is 11.1. The molecule has 0 aromatic rings.